The van der Waals surface area contributed by atoms with Crippen molar-refractivity contribution in [2.75, 3.05) is 31.1 Å². The third-order valence-corrected chi connectivity index (χ3v) is 4.66. The fourth-order valence-electron chi connectivity index (χ4n) is 3.35. The number of rotatable bonds is 2. The maximum Gasteiger partial charge on any atom is 0.369 e. The first kappa shape index (κ1) is 18.7. The van der Waals surface area contributed by atoms with E-state index in [-0.39, 0.29) is 34.8 Å². The van der Waals surface area contributed by atoms with Gasteiger partial charge in [-0.05, 0) is 18.2 Å². The fourth-order valence-corrected chi connectivity index (χ4v) is 3.35. The summed E-state index contributed by atoms with van der Waals surface area (Å²) in [5, 5.41) is 38.6. The van der Waals surface area contributed by atoms with Gasteiger partial charge in [0.25, 0.3) is 11.0 Å². The molecule has 1 saturated heterocycles. The molecule has 2 aromatic carbocycles. The molecule has 3 aromatic rings. The van der Waals surface area contributed by atoms with E-state index in [1.165, 1.54) is 0 Å². The maximum atomic E-state index is 12.9. The average Bonchev–Trinajstić information content (AvgIpc) is 2.71. The Morgan fingerprint density at radius 1 is 0.963 bits per heavy atom. The molecule has 7 nitrogen and oxygen atoms in total. The zero-order valence-electron chi connectivity index (χ0n) is 14.5. The predicted octanol–water partition coefficient (Wildman–Crippen LogP) is 1.48. The Labute approximate surface area is 162 Å². The molecule has 8 heteroatoms. The molecule has 0 unspecified atom stereocenters. The zero-order valence-corrected chi connectivity index (χ0v) is 15.3. The van der Waals surface area contributed by atoms with Crippen molar-refractivity contribution in [2.45, 2.75) is 0 Å². The second kappa shape index (κ2) is 7.66. The molecule has 0 radical (unpaired) electrons. The summed E-state index contributed by atoms with van der Waals surface area (Å²) in [4.78, 5) is 2.15. The molecular weight excluding hydrogens is 366 g/mol. The molecule has 1 aliphatic rings. The van der Waals surface area contributed by atoms with Gasteiger partial charge in [-0.25, -0.2) is 0 Å². The molecule has 0 aliphatic carbocycles. The molecule has 0 spiro atoms. The Bertz CT molecular complexity index is 1010. The number of anilines is 1. The number of nitrogens with zero attached hydrogens (tertiary/aromatic N) is 4. The van der Waals surface area contributed by atoms with Gasteiger partial charge in [0.15, 0.2) is 6.07 Å². The lowest BCUT2D eigenvalue weighted by molar-refractivity contribution is -0.622. The van der Waals surface area contributed by atoms with Gasteiger partial charge in [0.1, 0.15) is 0 Å². The summed E-state index contributed by atoms with van der Waals surface area (Å²) in [7, 11) is 0. The van der Waals surface area contributed by atoms with Crippen LogP contribution in [0.5, 0.6) is 0 Å². The first-order valence-electron chi connectivity index (χ1n) is 8.45. The normalized spacial score (nSPS) is 13.8. The quantitative estimate of drug-likeness (QED) is 0.534. The van der Waals surface area contributed by atoms with Gasteiger partial charge in [0.05, 0.1) is 5.56 Å². The average molecular weight is 384 g/mol. The Morgan fingerprint density at radius 2 is 1.67 bits per heavy atom. The lowest BCUT2D eigenvalue weighted by atomic mass is 10.1. The van der Waals surface area contributed by atoms with Crippen molar-refractivity contribution in [1.29, 1.82) is 5.26 Å². The van der Waals surface area contributed by atoms with Crippen LogP contribution >= 0.6 is 12.4 Å². The van der Waals surface area contributed by atoms with E-state index >= 15 is 0 Å². The summed E-state index contributed by atoms with van der Waals surface area (Å²) in [5.41, 5.74) is 1.74. The predicted molar refractivity (Wildman–Crippen MR) is 104 cm³/mol. The van der Waals surface area contributed by atoms with E-state index in [9.17, 15) is 15.7 Å². The van der Waals surface area contributed by atoms with Crippen LogP contribution < -0.4 is 19.7 Å². The maximum absolute atomic E-state index is 12.9. The van der Waals surface area contributed by atoms with Crippen molar-refractivity contribution >= 4 is 29.1 Å². The van der Waals surface area contributed by atoms with Crippen LogP contribution in [0, 0.1) is 21.7 Å². The topological polar surface area (TPSA) is 92.9 Å². The standard InChI is InChI=1S/C19H17N5O2.ClH/c20-13-18-19(14-4-2-1-3-5-14)24(26)16-7-6-15(12-17(16)23(18)25)22-10-8-21-9-11-22;/h1-7,12,21H,8-11H2;1H. The summed E-state index contributed by atoms with van der Waals surface area (Å²) >= 11 is 0. The number of nitriles is 1. The Hall–Kier alpha value is -3.08. The smallest absolute Gasteiger partial charge is 0.369 e. The Balaban J connectivity index is 0.00000210. The lowest BCUT2D eigenvalue weighted by Crippen LogP contribution is -2.45. The molecule has 4 rings (SSSR count). The zero-order chi connectivity index (χ0) is 18.1. The highest BCUT2D eigenvalue weighted by Gasteiger charge is 2.30. The molecule has 0 saturated carbocycles. The van der Waals surface area contributed by atoms with E-state index in [4.69, 9.17) is 0 Å². The number of halogens is 1. The first-order chi connectivity index (χ1) is 12.7. The van der Waals surface area contributed by atoms with Gasteiger partial charge >= 0.3 is 11.4 Å². The minimum absolute atomic E-state index is 0. The third-order valence-electron chi connectivity index (χ3n) is 4.66. The molecule has 0 atom stereocenters. The molecule has 1 fully saturated rings. The third kappa shape index (κ3) is 3.21. The van der Waals surface area contributed by atoms with E-state index in [0.29, 0.717) is 15.0 Å². The van der Waals surface area contributed by atoms with Crippen molar-refractivity contribution in [3.05, 3.63) is 64.6 Å². The van der Waals surface area contributed by atoms with E-state index in [1.807, 2.05) is 18.2 Å². The number of nitrogens with one attached hydrogen (secondary N) is 1. The van der Waals surface area contributed by atoms with Crippen LogP contribution in [0.25, 0.3) is 22.3 Å². The van der Waals surface area contributed by atoms with Crippen LogP contribution in [-0.2, 0) is 0 Å². The van der Waals surface area contributed by atoms with Gasteiger partial charge in [-0.3, -0.25) is 0 Å². The molecule has 0 bridgehead atoms. The lowest BCUT2D eigenvalue weighted by Gasteiger charge is -2.29. The molecular formula is C19H18ClN5O2. The second-order valence-electron chi connectivity index (χ2n) is 6.17. The van der Waals surface area contributed by atoms with E-state index in [2.05, 4.69) is 10.2 Å². The highest BCUT2D eigenvalue weighted by Crippen LogP contribution is 2.23. The van der Waals surface area contributed by atoms with Gasteiger partial charge in [-0.15, -0.1) is 17.1 Å². The summed E-state index contributed by atoms with van der Waals surface area (Å²) in [6, 6.07) is 15.9. The highest BCUT2D eigenvalue weighted by molar-refractivity contribution is 5.85. The first-order valence-corrected chi connectivity index (χ1v) is 8.45. The number of piperazine rings is 1. The SMILES string of the molecule is Cl.N#Cc1c(-c2ccccc2)[n+]([O-])c2ccc(N3CCNCC3)cc2[n+]1[O-]. The van der Waals surface area contributed by atoms with Crippen molar-refractivity contribution in [3.63, 3.8) is 0 Å². The summed E-state index contributed by atoms with van der Waals surface area (Å²) < 4.78 is 1.25. The van der Waals surface area contributed by atoms with Gasteiger partial charge in [-0.2, -0.15) is 9.99 Å². The van der Waals surface area contributed by atoms with Crippen molar-refractivity contribution in [2.24, 2.45) is 0 Å². The number of aromatic nitrogens is 2. The Morgan fingerprint density at radius 3 is 2.33 bits per heavy atom. The number of hydrogen-bond acceptors (Lipinski definition) is 5. The highest BCUT2D eigenvalue weighted by atomic mass is 35.5. The largest absolute Gasteiger partial charge is 0.617 e. The van der Waals surface area contributed by atoms with Crippen molar-refractivity contribution in [3.8, 4) is 17.3 Å². The number of benzene rings is 2. The van der Waals surface area contributed by atoms with Gasteiger partial charge in [0.2, 0.25) is 0 Å². The molecule has 27 heavy (non-hydrogen) atoms. The van der Waals surface area contributed by atoms with Crippen LogP contribution in [0.2, 0.25) is 0 Å². The van der Waals surface area contributed by atoms with Gasteiger partial charge < -0.3 is 20.6 Å². The van der Waals surface area contributed by atoms with Crippen molar-refractivity contribution < 1.29 is 9.46 Å². The monoisotopic (exact) mass is 383 g/mol. The van der Waals surface area contributed by atoms with Crippen LogP contribution in [0.15, 0.2) is 48.5 Å². The van der Waals surface area contributed by atoms with Gasteiger partial charge in [-0.1, -0.05) is 18.2 Å². The van der Waals surface area contributed by atoms with E-state index < -0.39 is 0 Å². The van der Waals surface area contributed by atoms with E-state index in [0.717, 1.165) is 31.9 Å². The molecule has 1 N–H and O–H groups in total. The molecule has 138 valence electrons. The number of fused-ring (bicyclic) bond motifs is 1. The van der Waals surface area contributed by atoms with Crippen LogP contribution in [0.4, 0.5) is 5.69 Å². The molecule has 2 heterocycles. The van der Waals surface area contributed by atoms with E-state index in [1.54, 1.807) is 36.4 Å². The molecule has 0 amide bonds. The minimum atomic E-state index is -0.198. The molecule has 1 aromatic heterocycles. The Kier molecular flexibility index (Phi) is 5.31. The van der Waals surface area contributed by atoms with Crippen LogP contribution in [0.3, 0.4) is 0 Å². The summed E-state index contributed by atoms with van der Waals surface area (Å²) in [5.74, 6) is 0. The fraction of sp³-hybridized carbons (Fsp3) is 0.211. The second-order valence-corrected chi connectivity index (χ2v) is 6.17. The minimum Gasteiger partial charge on any atom is -0.617 e. The van der Waals surface area contributed by atoms with Crippen molar-refractivity contribution in [1.82, 2.24) is 5.32 Å². The van der Waals surface area contributed by atoms with Gasteiger partial charge in [0, 0.05) is 44.0 Å². The molecule has 1 aliphatic heterocycles. The van der Waals surface area contributed by atoms with Crippen LogP contribution in [-0.4, -0.2) is 26.2 Å². The summed E-state index contributed by atoms with van der Waals surface area (Å²) in [6.07, 6.45) is 0. The number of hydrogen-bond donors (Lipinski definition) is 1. The summed E-state index contributed by atoms with van der Waals surface area (Å²) in [6.45, 7) is 3.39. The van der Waals surface area contributed by atoms with Crippen LogP contribution in [0.1, 0.15) is 5.69 Å².